The highest BCUT2D eigenvalue weighted by Crippen LogP contribution is 2.35. The van der Waals surface area contributed by atoms with Crippen LogP contribution in [-0.4, -0.2) is 91.1 Å². The molecule has 1 fully saturated rings. The van der Waals surface area contributed by atoms with Crippen molar-refractivity contribution in [3.05, 3.63) is 88.4 Å². The molecule has 3 aromatic carbocycles. The van der Waals surface area contributed by atoms with Crippen molar-refractivity contribution >= 4 is 29.1 Å². The summed E-state index contributed by atoms with van der Waals surface area (Å²) < 4.78 is 32.9. The lowest BCUT2D eigenvalue weighted by atomic mass is 10.0. The molecule has 1 atom stereocenters. The molecule has 2 heterocycles. The Kier molecular flexibility index (Phi) is 14.4. The molecule has 0 radical (unpaired) electrons. The van der Waals surface area contributed by atoms with E-state index in [1.807, 2.05) is 52.8 Å². The number of carbonyl (C=O) groups excluding carboxylic acids is 2. The van der Waals surface area contributed by atoms with Gasteiger partial charge >= 0.3 is 0 Å². The number of halogens is 1. The lowest BCUT2D eigenvalue weighted by Gasteiger charge is -2.32. The lowest BCUT2D eigenvalue weighted by molar-refractivity contribution is -0.121. The van der Waals surface area contributed by atoms with Gasteiger partial charge in [0, 0.05) is 68.8 Å². The lowest BCUT2D eigenvalue weighted by Crippen LogP contribution is -2.44. The molecule has 1 aliphatic heterocycles. The number of rotatable bonds is 17. The number of ether oxygens (including phenoxy) is 3. The number of hydrogen-bond acceptors (Lipinski definition) is 10. The molecule has 0 unspecified atom stereocenters. The highest BCUT2D eigenvalue weighted by atomic mass is 19.1. The topological polar surface area (TPSA) is 130 Å². The summed E-state index contributed by atoms with van der Waals surface area (Å²) in [6.45, 7) is 15.3. The van der Waals surface area contributed by atoms with Crippen LogP contribution in [0.5, 0.6) is 23.1 Å². The molecule has 0 saturated carbocycles. The first-order valence-corrected chi connectivity index (χ1v) is 18.9. The highest BCUT2D eigenvalue weighted by Gasteiger charge is 2.21. The maximum Gasteiger partial charge on any atom is 0.262 e. The first-order valence-electron chi connectivity index (χ1n) is 18.9. The van der Waals surface area contributed by atoms with Crippen LogP contribution in [0.4, 0.5) is 21.7 Å². The number of likely N-dealkylation sites (N-methyl/N-ethyl adjacent to an activating group) is 1. The van der Waals surface area contributed by atoms with E-state index < -0.39 is 11.7 Å². The smallest absolute Gasteiger partial charge is 0.262 e. The number of carbonyl (C=O) groups is 2. The van der Waals surface area contributed by atoms with E-state index in [1.54, 1.807) is 24.3 Å². The van der Waals surface area contributed by atoms with Crippen molar-refractivity contribution in [2.75, 3.05) is 64.1 Å². The van der Waals surface area contributed by atoms with Gasteiger partial charge < -0.3 is 40.0 Å². The van der Waals surface area contributed by atoms with Crippen LogP contribution < -0.4 is 30.2 Å². The maximum absolute atomic E-state index is 15.2. The summed E-state index contributed by atoms with van der Waals surface area (Å²) in [4.78, 5) is 39.9. The van der Waals surface area contributed by atoms with Crippen molar-refractivity contribution in [1.29, 1.82) is 0 Å². The highest BCUT2D eigenvalue weighted by molar-refractivity contribution is 6.06. The van der Waals surface area contributed by atoms with Crippen LogP contribution >= 0.6 is 0 Å². The minimum absolute atomic E-state index is 0.0249. The van der Waals surface area contributed by atoms with Gasteiger partial charge in [0.05, 0.1) is 13.7 Å². The molecule has 3 N–H and O–H groups in total. The number of hydrogen-bond donors (Lipinski definition) is 3. The number of benzene rings is 3. The fourth-order valence-electron chi connectivity index (χ4n) is 6.35. The SMILES string of the molecule is CC[C@@H](C)NC(=O)CCc1ccc(Oc2nc(Nc3ccc(OCCCN4CCN(C)CC4)c(F)c3)ncc2C(=O)Nc2c(C)cc(C)cc2C)c(OC)c1. The molecule has 55 heavy (non-hydrogen) atoms. The van der Waals surface area contributed by atoms with Crippen molar-refractivity contribution in [3.8, 4) is 23.1 Å². The number of methoxy groups -OCH3 is 1. The molecule has 1 saturated heterocycles. The number of aryl methyl sites for hydroxylation is 4. The fourth-order valence-corrected chi connectivity index (χ4v) is 6.35. The van der Waals surface area contributed by atoms with Gasteiger partial charge in [-0.3, -0.25) is 9.59 Å². The quantitative estimate of drug-likeness (QED) is 0.0952. The molecule has 13 heteroatoms. The predicted octanol–water partition coefficient (Wildman–Crippen LogP) is 7.20. The zero-order valence-electron chi connectivity index (χ0n) is 33.1. The van der Waals surface area contributed by atoms with Gasteiger partial charge in [-0.05, 0) is 95.0 Å². The number of piperazine rings is 1. The third-order valence-electron chi connectivity index (χ3n) is 9.67. The van der Waals surface area contributed by atoms with Gasteiger partial charge in [-0.1, -0.05) is 30.7 Å². The van der Waals surface area contributed by atoms with Crippen LogP contribution in [0.3, 0.4) is 0 Å². The summed E-state index contributed by atoms with van der Waals surface area (Å²) in [5, 5.41) is 9.01. The van der Waals surface area contributed by atoms with E-state index in [2.05, 4.69) is 42.8 Å². The van der Waals surface area contributed by atoms with E-state index in [1.165, 1.54) is 19.4 Å². The average molecular weight is 756 g/mol. The van der Waals surface area contributed by atoms with Gasteiger partial charge in [0.2, 0.25) is 17.7 Å². The second kappa shape index (κ2) is 19.4. The van der Waals surface area contributed by atoms with Crippen molar-refractivity contribution in [1.82, 2.24) is 25.1 Å². The van der Waals surface area contributed by atoms with Crippen LogP contribution in [0, 0.1) is 26.6 Å². The van der Waals surface area contributed by atoms with E-state index in [-0.39, 0.29) is 35.1 Å². The molecule has 0 aliphatic carbocycles. The van der Waals surface area contributed by atoms with Crippen LogP contribution in [0.2, 0.25) is 0 Å². The van der Waals surface area contributed by atoms with Crippen LogP contribution in [0.1, 0.15) is 65.7 Å². The molecule has 294 valence electrons. The van der Waals surface area contributed by atoms with Crippen LogP contribution in [0.25, 0.3) is 0 Å². The maximum atomic E-state index is 15.2. The summed E-state index contributed by atoms with van der Waals surface area (Å²) in [5.41, 5.74) is 4.92. The summed E-state index contributed by atoms with van der Waals surface area (Å²) in [5.74, 6) is -0.127. The Hall–Kier alpha value is -5.27. The third kappa shape index (κ3) is 11.6. The molecule has 1 aliphatic rings. The largest absolute Gasteiger partial charge is 0.493 e. The number of nitrogens with one attached hydrogen (secondary N) is 3. The molecule has 5 rings (SSSR count). The first-order chi connectivity index (χ1) is 26.4. The van der Waals surface area contributed by atoms with E-state index in [0.717, 1.165) is 67.8 Å². The van der Waals surface area contributed by atoms with Crippen molar-refractivity contribution in [3.63, 3.8) is 0 Å². The van der Waals surface area contributed by atoms with E-state index >= 15 is 4.39 Å². The molecule has 0 bridgehead atoms. The van der Waals surface area contributed by atoms with E-state index in [4.69, 9.17) is 14.2 Å². The number of aromatic nitrogens is 2. The minimum atomic E-state index is -0.525. The van der Waals surface area contributed by atoms with Crippen LogP contribution in [-0.2, 0) is 11.2 Å². The van der Waals surface area contributed by atoms with Gasteiger partial charge in [-0.2, -0.15) is 4.98 Å². The summed E-state index contributed by atoms with van der Waals surface area (Å²) >= 11 is 0. The Morgan fingerprint density at radius 3 is 2.38 bits per heavy atom. The summed E-state index contributed by atoms with van der Waals surface area (Å²) in [7, 11) is 3.64. The standard InChI is InChI=1S/C42H54FN7O5/c1-8-30(5)45-38(51)15-11-31-10-13-36(37(24-31)53-7)55-41-33(40(52)47-39-28(3)22-27(2)23-29(39)4)26-44-42(48-41)46-32-12-14-35(34(43)25-32)54-21-9-16-50-19-17-49(6)18-20-50/h10,12-14,22-26,30H,8-9,11,15-21H2,1-7H3,(H,45,51)(H,47,52)(H,44,46,48)/t30-/m1/s1. The Morgan fingerprint density at radius 2 is 1.69 bits per heavy atom. The monoisotopic (exact) mass is 755 g/mol. The second-order valence-electron chi connectivity index (χ2n) is 14.2. The molecular weight excluding hydrogens is 702 g/mol. The molecule has 12 nitrogen and oxygen atoms in total. The predicted molar refractivity (Wildman–Crippen MR) is 214 cm³/mol. The van der Waals surface area contributed by atoms with E-state index in [0.29, 0.717) is 42.3 Å². The Morgan fingerprint density at radius 1 is 0.964 bits per heavy atom. The Balaban J connectivity index is 1.33. The van der Waals surface area contributed by atoms with Gasteiger partial charge in [0.1, 0.15) is 5.56 Å². The van der Waals surface area contributed by atoms with Gasteiger partial charge in [0.25, 0.3) is 5.91 Å². The van der Waals surface area contributed by atoms with Gasteiger partial charge in [-0.25, -0.2) is 9.37 Å². The molecule has 0 spiro atoms. The zero-order chi connectivity index (χ0) is 39.5. The number of anilines is 3. The molecular formula is C42H54FN7O5. The Bertz CT molecular complexity index is 1930. The normalized spacial score (nSPS) is 13.9. The fraction of sp³-hybridized carbons (Fsp3) is 0.429. The van der Waals surface area contributed by atoms with Crippen molar-refractivity contribution in [2.24, 2.45) is 0 Å². The van der Waals surface area contributed by atoms with Crippen molar-refractivity contribution in [2.45, 2.75) is 66.3 Å². The van der Waals surface area contributed by atoms with Crippen molar-refractivity contribution < 1.29 is 28.2 Å². The second-order valence-corrected chi connectivity index (χ2v) is 14.2. The summed E-state index contributed by atoms with van der Waals surface area (Å²) in [6.07, 6.45) is 3.84. The zero-order valence-corrected chi connectivity index (χ0v) is 33.1. The average Bonchev–Trinajstić information content (AvgIpc) is 3.15. The molecule has 2 amide bonds. The van der Waals surface area contributed by atoms with Crippen LogP contribution in [0.15, 0.2) is 54.7 Å². The first kappa shape index (κ1) is 40.9. The number of nitrogens with zero attached hydrogens (tertiary/aromatic N) is 4. The summed E-state index contributed by atoms with van der Waals surface area (Å²) in [6, 6.07) is 14.0. The van der Waals surface area contributed by atoms with Gasteiger partial charge in [-0.15, -0.1) is 0 Å². The Labute approximate surface area is 323 Å². The number of amides is 2. The minimum Gasteiger partial charge on any atom is -0.493 e. The van der Waals surface area contributed by atoms with Gasteiger partial charge in [0.15, 0.2) is 23.1 Å². The third-order valence-corrected chi connectivity index (χ3v) is 9.67. The molecule has 4 aromatic rings. The van der Waals surface area contributed by atoms with E-state index in [9.17, 15) is 9.59 Å². The molecule has 1 aromatic heterocycles.